The predicted octanol–water partition coefficient (Wildman–Crippen LogP) is 0.995. The zero-order valence-electron chi connectivity index (χ0n) is 9.70. The van der Waals surface area contributed by atoms with Crippen molar-refractivity contribution in [2.75, 3.05) is 0 Å². The number of hydrogen-bond acceptors (Lipinski definition) is 3. The fourth-order valence-corrected chi connectivity index (χ4v) is 1.74. The molecule has 0 radical (unpaired) electrons. The average molecular weight is 219 g/mol. The van der Waals surface area contributed by atoms with Crippen LogP contribution in [0.25, 0.3) is 0 Å². The summed E-state index contributed by atoms with van der Waals surface area (Å²) in [6.45, 7) is 3.80. The minimum Gasteiger partial charge on any atom is -0.308 e. The summed E-state index contributed by atoms with van der Waals surface area (Å²) >= 11 is 0. The van der Waals surface area contributed by atoms with Gasteiger partial charge in [0.1, 0.15) is 0 Å². The second-order valence-corrected chi connectivity index (χ2v) is 3.84. The molecule has 0 spiro atoms. The van der Waals surface area contributed by atoms with Gasteiger partial charge in [-0.3, -0.25) is 9.78 Å². The van der Waals surface area contributed by atoms with E-state index in [0.29, 0.717) is 0 Å². The van der Waals surface area contributed by atoms with E-state index in [9.17, 15) is 0 Å². The molecule has 2 aromatic heterocycles. The Bertz CT molecular complexity index is 429. The molecule has 0 aliphatic heterocycles. The van der Waals surface area contributed by atoms with Crippen LogP contribution in [-0.2, 0) is 26.6 Å². The third-order valence-electron chi connectivity index (χ3n) is 2.53. The first-order chi connectivity index (χ1) is 7.79. The molecule has 0 aliphatic rings. The van der Waals surface area contributed by atoms with Crippen molar-refractivity contribution < 1.29 is 0 Å². The van der Waals surface area contributed by atoms with Crippen LogP contribution < -0.4 is 5.32 Å². The number of nitrogens with one attached hydrogen (secondary N) is 2. The van der Waals surface area contributed by atoms with Gasteiger partial charge in [0.15, 0.2) is 0 Å². The Hall–Kier alpha value is -1.62. The van der Waals surface area contributed by atoms with E-state index < -0.39 is 0 Å². The molecule has 0 saturated carbocycles. The van der Waals surface area contributed by atoms with E-state index in [2.05, 4.69) is 33.7 Å². The summed E-state index contributed by atoms with van der Waals surface area (Å²) < 4.78 is 1.87. The minimum absolute atomic E-state index is 0.828. The Kier molecular flexibility index (Phi) is 3.36. The molecule has 0 bridgehead atoms. The van der Waals surface area contributed by atoms with Gasteiger partial charge in [0.05, 0.1) is 11.9 Å². The van der Waals surface area contributed by atoms with Crippen molar-refractivity contribution in [1.29, 1.82) is 0 Å². The summed E-state index contributed by atoms with van der Waals surface area (Å²) in [7, 11) is 1.96. The first-order valence-electron chi connectivity index (χ1n) is 5.49. The number of H-pyrrole nitrogens is 1. The topological polar surface area (TPSA) is 58.5 Å². The highest BCUT2D eigenvalue weighted by atomic mass is 15.3. The Morgan fingerprint density at radius 2 is 2.31 bits per heavy atom. The van der Waals surface area contributed by atoms with Crippen LogP contribution in [0, 0.1) is 0 Å². The van der Waals surface area contributed by atoms with Crippen LogP contribution in [0.2, 0.25) is 0 Å². The molecule has 5 heteroatoms. The van der Waals surface area contributed by atoms with Gasteiger partial charge in [0.25, 0.3) is 0 Å². The van der Waals surface area contributed by atoms with Crippen LogP contribution in [0.4, 0.5) is 0 Å². The highest BCUT2D eigenvalue weighted by molar-refractivity contribution is 5.16. The second-order valence-electron chi connectivity index (χ2n) is 3.84. The second kappa shape index (κ2) is 4.94. The van der Waals surface area contributed by atoms with Crippen LogP contribution in [-0.4, -0.2) is 20.0 Å². The molecule has 0 atom stereocenters. The molecular formula is C11H17N5. The summed E-state index contributed by atoms with van der Waals surface area (Å²) in [5.74, 6) is 0. The van der Waals surface area contributed by atoms with Crippen LogP contribution in [0.3, 0.4) is 0 Å². The van der Waals surface area contributed by atoms with Crippen molar-refractivity contribution >= 4 is 0 Å². The lowest BCUT2D eigenvalue weighted by Gasteiger charge is -2.02. The number of aromatic nitrogens is 4. The van der Waals surface area contributed by atoms with Crippen molar-refractivity contribution in [3.63, 3.8) is 0 Å². The Labute approximate surface area is 94.9 Å². The largest absolute Gasteiger partial charge is 0.308 e. The van der Waals surface area contributed by atoms with Gasteiger partial charge < -0.3 is 5.32 Å². The van der Waals surface area contributed by atoms with E-state index >= 15 is 0 Å². The molecule has 0 amide bonds. The molecule has 0 saturated heterocycles. The van der Waals surface area contributed by atoms with Crippen LogP contribution in [0.1, 0.15) is 23.7 Å². The smallest absolute Gasteiger partial charge is 0.0666 e. The molecule has 0 unspecified atom stereocenters. The van der Waals surface area contributed by atoms with Gasteiger partial charge >= 0.3 is 0 Å². The van der Waals surface area contributed by atoms with Crippen molar-refractivity contribution in [3.8, 4) is 0 Å². The van der Waals surface area contributed by atoms with E-state index in [4.69, 9.17) is 0 Å². The number of rotatable bonds is 5. The number of aromatic amines is 1. The fraction of sp³-hybridized carbons (Fsp3) is 0.455. The van der Waals surface area contributed by atoms with Gasteiger partial charge in [-0.25, -0.2) is 0 Å². The van der Waals surface area contributed by atoms with Crippen LogP contribution in [0.5, 0.6) is 0 Å². The molecule has 0 aliphatic carbocycles. The van der Waals surface area contributed by atoms with Gasteiger partial charge in [0.2, 0.25) is 0 Å². The molecular weight excluding hydrogens is 202 g/mol. The van der Waals surface area contributed by atoms with E-state index in [1.807, 2.05) is 24.1 Å². The molecule has 5 nitrogen and oxygen atoms in total. The Morgan fingerprint density at radius 1 is 1.44 bits per heavy atom. The maximum atomic E-state index is 4.40. The number of nitrogens with zero attached hydrogens (tertiary/aromatic N) is 3. The molecule has 2 N–H and O–H groups in total. The molecule has 86 valence electrons. The van der Waals surface area contributed by atoms with Gasteiger partial charge in [-0.2, -0.15) is 10.2 Å². The lowest BCUT2D eigenvalue weighted by molar-refractivity contribution is 0.688. The Balaban J connectivity index is 1.89. The maximum Gasteiger partial charge on any atom is 0.0666 e. The fourth-order valence-electron chi connectivity index (χ4n) is 1.74. The molecule has 0 aromatic carbocycles. The zero-order valence-corrected chi connectivity index (χ0v) is 9.70. The third kappa shape index (κ3) is 2.49. The van der Waals surface area contributed by atoms with Gasteiger partial charge in [-0.05, 0) is 6.42 Å². The summed E-state index contributed by atoms with van der Waals surface area (Å²) in [6.07, 6.45) is 6.78. The standard InChI is InChI=1S/C11H17N5/c1-3-11-10(8-16(2)15-11)7-12-4-9-5-13-14-6-9/h5-6,8,12H,3-4,7H2,1-2H3,(H,13,14). The summed E-state index contributed by atoms with van der Waals surface area (Å²) in [4.78, 5) is 0. The number of hydrogen-bond donors (Lipinski definition) is 2. The van der Waals surface area contributed by atoms with Gasteiger partial charge in [-0.15, -0.1) is 0 Å². The van der Waals surface area contributed by atoms with E-state index in [-0.39, 0.29) is 0 Å². The lowest BCUT2D eigenvalue weighted by atomic mass is 10.2. The van der Waals surface area contributed by atoms with Crippen molar-refractivity contribution in [2.45, 2.75) is 26.4 Å². The summed E-state index contributed by atoms with van der Waals surface area (Å²) in [5, 5.41) is 14.5. The maximum absolute atomic E-state index is 4.40. The molecule has 2 aromatic rings. The minimum atomic E-state index is 0.828. The van der Waals surface area contributed by atoms with Crippen LogP contribution >= 0.6 is 0 Å². The van der Waals surface area contributed by atoms with Gasteiger partial charge in [0, 0.05) is 43.7 Å². The van der Waals surface area contributed by atoms with E-state index in [1.54, 1.807) is 0 Å². The highest BCUT2D eigenvalue weighted by Crippen LogP contribution is 2.06. The first-order valence-corrected chi connectivity index (χ1v) is 5.49. The first kappa shape index (κ1) is 10.9. The third-order valence-corrected chi connectivity index (χ3v) is 2.53. The quantitative estimate of drug-likeness (QED) is 0.788. The zero-order chi connectivity index (χ0) is 11.4. The van der Waals surface area contributed by atoms with Crippen LogP contribution in [0.15, 0.2) is 18.6 Å². The van der Waals surface area contributed by atoms with Gasteiger partial charge in [-0.1, -0.05) is 6.92 Å². The van der Waals surface area contributed by atoms with E-state index in [0.717, 1.165) is 19.5 Å². The van der Waals surface area contributed by atoms with Crippen molar-refractivity contribution in [2.24, 2.45) is 7.05 Å². The average Bonchev–Trinajstić information content (AvgIpc) is 2.88. The molecule has 2 heterocycles. The molecule has 2 rings (SSSR count). The number of aryl methyl sites for hydroxylation is 2. The molecule has 0 fully saturated rings. The van der Waals surface area contributed by atoms with Crippen molar-refractivity contribution in [3.05, 3.63) is 35.4 Å². The van der Waals surface area contributed by atoms with Crippen molar-refractivity contribution in [1.82, 2.24) is 25.3 Å². The summed E-state index contributed by atoms with van der Waals surface area (Å²) in [5.41, 5.74) is 3.61. The normalized spacial score (nSPS) is 10.9. The highest BCUT2D eigenvalue weighted by Gasteiger charge is 2.04. The van der Waals surface area contributed by atoms with E-state index in [1.165, 1.54) is 16.8 Å². The molecule has 16 heavy (non-hydrogen) atoms. The Morgan fingerprint density at radius 3 is 3.00 bits per heavy atom. The monoisotopic (exact) mass is 219 g/mol. The summed E-state index contributed by atoms with van der Waals surface area (Å²) in [6, 6.07) is 0. The lowest BCUT2D eigenvalue weighted by Crippen LogP contribution is -2.12. The SMILES string of the molecule is CCc1nn(C)cc1CNCc1cn[nH]c1. The predicted molar refractivity (Wildman–Crippen MR) is 61.7 cm³/mol.